The molecule has 6 rings (SSSR count). The normalized spacial score (nSPS) is 13.0. The van der Waals surface area contributed by atoms with Gasteiger partial charge in [0, 0.05) is 12.4 Å². The lowest BCUT2D eigenvalue weighted by atomic mass is 9.79. The van der Waals surface area contributed by atoms with Gasteiger partial charge in [0.15, 0.2) is 5.78 Å². The summed E-state index contributed by atoms with van der Waals surface area (Å²) in [4.78, 5) is 24.7. The molecule has 0 aliphatic carbocycles. The third kappa shape index (κ3) is 5.06. The summed E-state index contributed by atoms with van der Waals surface area (Å²) in [5.41, 5.74) is 3.68. The number of halogens is 4. The highest BCUT2D eigenvalue weighted by Crippen LogP contribution is 2.42. The molecule has 7 nitrogen and oxygen atoms in total. The smallest absolute Gasteiger partial charge is 0.159 e. The van der Waals surface area contributed by atoms with Crippen LogP contribution in [0.25, 0.3) is 11.3 Å². The number of aromatic hydroxyl groups is 2. The van der Waals surface area contributed by atoms with Gasteiger partial charge in [-0.2, -0.15) is 0 Å². The van der Waals surface area contributed by atoms with Crippen molar-refractivity contribution in [2.24, 2.45) is 0 Å². The van der Waals surface area contributed by atoms with E-state index in [0.717, 1.165) is 0 Å². The van der Waals surface area contributed by atoms with Crippen LogP contribution in [0.4, 0.5) is 8.78 Å². The zero-order valence-electron chi connectivity index (χ0n) is 23.6. The molecule has 4 heterocycles. The van der Waals surface area contributed by atoms with Gasteiger partial charge in [-0.1, -0.05) is 49.2 Å². The fourth-order valence-corrected chi connectivity index (χ4v) is 6.17. The van der Waals surface area contributed by atoms with Gasteiger partial charge in [-0.15, -0.1) is 0 Å². The molecule has 2 N–H and O–H groups in total. The molecule has 0 saturated carbocycles. The number of nitrogens with zero attached hydrogens (tertiary/aromatic N) is 4. The lowest BCUT2D eigenvalue weighted by molar-refractivity contribution is -0.120. The number of hydrogen-bond acceptors (Lipinski definition) is 5. The molecule has 44 heavy (non-hydrogen) atoms. The fraction of sp³-hybridized carbons (Fsp3) is 0.182. The Labute approximate surface area is 261 Å². The number of phenols is 2. The Hall–Kier alpha value is -4.47. The summed E-state index contributed by atoms with van der Waals surface area (Å²) in [6.45, 7) is 3.76. The highest BCUT2D eigenvalue weighted by molar-refractivity contribution is 6.32. The van der Waals surface area contributed by atoms with Crippen molar-refractivity contribution in [3.63, 3.8) is 0 Å². The number of ketones is 1. The number of aryl methyl sites for hydroxylation is 2. The zero-order chi connectivity index (χ0) is 31.3. The van der Waals surface area contributed by atoms with Crippen LogP contribution in [0.1, 0.15) is 59.6 Å². The number of fused-ring (bicyclic) bond motifs is 2. The van der Waals surface area contributed by atoms with Crippen LogP contribution in [0, 0.1) is 11.6 Å². The average molecular weight is 635 g/mol. The summed E-state index contributed by atoms with van der Waals surface area (Å²) in [5.74, 6) is -3.98. The third-order valence-corrected chi connectivity index (χ3v) is 8.39. The van der Waals surface area contributed by atoms with Crippen LogP contribution in [0.3, 0.4) is 0 Å². The summed E-state index contributed by atoms with van der Waals surface area (Å²) in [7, 11) is 0. The maximum atomic E-state index is 15.3. The number of hydrogen-bond donors (Lipinski definition) is 2. The second-order valence-electron chi connectivity index (χ2n) is 10.4. The van der Waals surface area contributed by atoms with Crippen LogP contribution in [-0.4, -0.2) is 34.8 Å². The molecule has 2 atom stereocenters. The van der Waals surface area contributed by atoms with Crippen molar-refractivity contribution < 1.29 is 23.8 Å². The van der Waals surface area contributed by atoms with E-state index >= 15 is 4.79 Å². The molecule has 2 aromatic carbocycles. The summed E-state index contributed by atoms with van der Waals surface area (Å²) >= 11 is 12.7. The second kappa shape index (κ2) is 11.6. The molecule has 0 radical (unpaired) electrons. The summed E-state index contributed by atoms with van der Waals surface area (Å²) < 4.78 is 32.5. The molecular weight excluding hydrogens is 609 g/mol. The number of imidazole rings is 2. The number of aromatic nitrogens is 4. The lowest BCUT2D eigenvalue weighted by Gasteiger charge is -2.25. The minimum atomic E-state index is -1.10. The van der Waals surface area contributed by atoms with Crippen LogP contribution < -0.4 is 0 Å². The van der Waals surface area contributed by atoms with Gasteiger partial charge in [-0.05, 0) is 72.5 Å². The number of carbonyl (C=O) groups is 1. The molecule has 224 valence electrons. The van der Waals surface area contributed by atoms with E-state index in [1.54, 1.807) is 20.9 Å². The van der Waals surface area contributed by atoms with E-state index in [9.17, 15) is 19.0 Å². The number of phenolic OH excluding ortho intramolecular Hbond substituents is 2. The van der Waals surface area contributed by atoms with Crippen molar-refractivity contribution in [2.75, 3.05) is 0 Å². The first kappa shape index (κ1) is 29.6. The molecule has 0 bridgehead atoms. The Balaban J connectivity index is 1.70. The van der Waals surface area contributed by atoms with Crippen LogP contribution in [0.15, 0.2) is 73.1 Å². The highest BCUT2D eigenvalue weighted by atomic mass is 35.5. The molecule has 11 heteroatoms. The summed E-state index contributed by atoms with van der Waals surface area (Å²) in [6.07, 6.45) is 3.38. The second-order valence-corrected chi connectivity index (χ2v) is 11.3. The first-order valence-electron chi connectivity index (χ1n) is 13.9. The number of pyridine rings is 2. The third-order valence-electron chi connectivity index (χ3n) is 7.79. The van der Waals surface area contributed by atoms with Crippen LogP contribution in [0.5, 0.6) is 11.5 Å². The Morgan fingerprint density at radius 2 is 1.14 bits per heavy atom. The monoisotopic (exact) mass is 634 g/mol. The predicted octanol–water partition coefficient (Wildman–Crippen LogP) is 7.64. The largest absolute Gasteiger partial charge is 0.506 e. The van der Waals surface area contributed by atoms with Gasteiger partial charge in [0.1, 0.15) is 34.4 Å². The molecule has 0 aliphatic heterocycles. The molecule has 2 unspecified atom stereocenters. The van der Waals surface area contributed by atoms with Gasteiger partial charge in [0.05, 0.1) is 44.7 Å². The number of rotatable bonds is 8. The minimum absolute atomic E-state index is 0.0219. The number of benzene rings is 2. The molecular formula is C33H26Cl2F2N4O3. The topological polar surface area (TPSA) is 92.1 Å². The average Bonchev–Trinajstić information content (AvgIpc) is 3.54. The van der Waals surface area contributed by atoms with Crippen molar-refractivity contribution in [1.29, 1.82) is 0 Å². The summed E-state index contributed by atoms with van der Waals surface area (Å²) in [6, 6.07) is 14.6. The van der Waals surface area contributed by atoms with Crippen molar-refractivity contribution in [2.45, 2.75) is 38.5 Å². The molecule has 0 fully saturated rings. The molecule has 0 saturated heterocycles. The molecule has 0 aliphatic rings. The Kier molecular flexibility index (Phi) is 7.77. The molecule has 6 aromatic rings. The maximum absolute atomic E-state index is 15.3. The first-order chi connectivity index (χ1) is 21.1. The Bertz CT molecular complexity index is 1930. The predicted molar refractivity (Wildman–Crippen MR) is 164 cm³/mol. The van der Waals surface area contributed by atoms with Gasteiger partial charge in [-0.3, -0.25) is 13.6 Å². The molecule has 0 spiro atoms. The van der Waals surface area contributed by atoms with E-state index in [1.165, 1.54) is 60.9 Å². The first-order valence-corrected chi connectivity index (χ1v) is 14.7. The van der Waals surface area contributed by atoms with E-state index in [4.69, 9.17) is 33.2 Å². The van der Waals surface area contributed by atoms with E-state index < -0.39 is 29.3 Å². The molecule has 4 aromatic heterocycles. The van der Waals surface area contributed by atoms with Crippen molar-refractivity contribution in [1.82, 2.24) is 18.8 Å². The van der Waals surface area contributed by atoms with E-state index in [0.29, 0.717) is 58.0 Å². The van der Waals surface area contributed by atoms with Gasteiger partial charge in [0.25, 0.3) is 0 Å². The number of Topliss-reactive ketones (excluding diaryl/α,β-unsaturated/α-hetero) is 1. The van der Waals surface area contributed by atoms with Crippen LogP contribution in [-0.2, 0) is 17.6 Å². The zero-order valence-corrected chi connectivity index (χ0v) is 25.1. The Morgan fingerprint density at radius 1 is 0.727 bits per heavy atom. The van der Waals surface area contributed by atoms with Crippen LogP contribution >= 0.6 is 23.2 Å². The highest BCUT2D eigenvalue weighted by Gasteiger charge is 2.38. The number of carbonyl (C=O) groups excluding carboxylic acids is 1. The van der Waals surface area contributed by atoms with Crippen molar-refractivity contribution in [3.05, 3.63) is 129 Å². The SMILES string of the molecule is CCc1nc2ccc(F)cn2c1C(C(=O)C(c1ccc(O)c(Cl)c1)c1c(CC)nc2ccc(F)cn12)c1ccc(O)c(Cl)c1. The van der Waals surface area contributed by atoms with Crippen molar-refractivity contribution >= 4 is 40.3 Å². The maximum Gasteiger partial charge on any atom is 0.159 e. The minimum Gasteiger partial charge on any atom is -0.506 e. The lowest BCUT2D eigenvalue weighted by Crippen LogP contribution is -2.26. The van der Waals surface area contributed by atoms with Crippen molar-refractivity contribution in [3.8, 4) is 11.5 Å². The van der Waals surface area contributed by atoms with E-state index in [-0.39, 0.29) is 21.5 Å². The van der Waals surface area contributed by atoms with Gasteiger partial charge >= 0.3 is 0 Å². The quantitative estimate of drug-likeness (QED) is 0.179. The van der Waals surface area contributed by atoms with Crippen LogP contribution in [0.2, 0.25) is 10.0 Å². The van der Waals surface area contributed by atoms with Gasteiger partial charge in [0.2, 0.25) is 0 Å². The van der Waals surface area contributed by atoms with Gasteiger partial charge in [-0.25, -0.2) is 18.7 Å². The van der Waals surface area contributed by atoms with Gasteiger partial charge < -0.3 is 10.2 Å². The van der Waals surface area contributed by atoms with E-state index in [2.05, 4.69) is 0 Å². The molecule has 0 amide bonds. The summed E-state index contributed by atoms with van der Waals surface area (Å²) in [5, 5.41) is 20.5. The Morgan fingerprint density at radius 3 is 1.50 bits per heavy atom. The fourth-order valence-electron chi connectivity index (χ4n) is 5.79. The van der Waals surface area contributed by atoms with E-state index in [1.807, 2.05) is 13.8 Å². The standard InChI is InChI=1S/C33H26Cl2F2N4O3/c1-3-23-31(40-15-19(36)7-11-27(40)38-23)29(17-5-9-25(42)21(34)13-17)33(44)30(18-6-10-26(43)22(35)14-18)32-24(4-2)39-28-12-8-20(37)16-41(28)32/h5-16,29-30,42-43H,3-4H2,1-2H3.